The minimum atomic E-state index is 0.764. The van der Waals surface area contributed by atoms with Gasteiger partial charge in [-0.25, -0.2) is 4.98 Å². The van der Waals surface area contributed by atoms with Gasteiger partial charge in [0.1, 0.15) is 5.82 Å². The Kier molecular flexibility index (Phi) is 3.69. The molecule has 3 aromatic rings. The fourth-order valence-corrected chi connectivity index (χ4v) is 2.29. The van der Waals surface area contributed by atoms with Gasteiger partial charge in [-0.15, -0.1) is 0 Å². The van der Waals surface area contributed by atoms with E-state index in [4.69, 9.17) is 5.73 Å². The van der Waals surface area contributed by atoms with Crippen LogP contribution in [0.15, 0.2) is 54.7 Å². The molecule has 0 atom stereocenters. The van der Waals surface area contributed by atoms with Crippen molar-refractivity contribution in [1.82, 2.24) is 9.97 Å². The van der Waals surface area contributed by atoms with Gasteiger partial charge >= 0.3 is 0 Å². The molecule has 0 radical (unpaired) electrons. The molecule has 4 nitrogen and oxygen atoms in total. The number of nitrogens with zero attached hydrogens (tertiary/aromatic N) is 3. The highest BCUT2D eigenvalue weighted by atomic mass is 15.2. The summed E-state index contributed by atoms with van der Waals surface area (Å²) in [5.74, 6) is 0.961. The van der Waals surface area contributed by atoms with E-state index in [0.717, 1.165) is 41.1 Å². The number of fused-ring (bicyclic) bond motifs is 1. The van der Waals surface area contributed by atoms with Crippen LogP contribution in [0.3, 0.4) is 0 Å². The van der Waals surface area contributed by atoms with Crippen molar-refractivity contribution in [1.29, 1.82) is 0 Å². The van der Waals surface area contributed by atoms with E-state index in [0.29, 0.717) is 0 Å². The lowest BCUT2D eigenvalue weighted by Crippen LogP contribution is -2.21. The largest absolute Gasteiger partial charge is 0.399 e. The van der Waals surface area contributed by atoms with E-state index in [-0.39, 0.29) is 0 Å². The first-order chi connectivity index (χ1) is 10.2. The maximum Gasteiger partial charge on any atom is 0.128 e. The number of aromatic nitrogens is 2. The zero-order valence-corrected chi connectivity index (χ0v) is 12.0. The van der Waals surface area contributed by atoms with Crippen molar-refractivity contribution in [3.63, 3.8) is 0 Å². The van der Waals surface area contributed by atoms with Gasteiger partial charge in [-0.05, 0) is 42.5 Å². The highest BCUT2D eigenvalue weighted by molar-refractivity contribution is 5.83. The second-order valence-corrected chi connectivity index (χ2v) is 5.11. The third-order valence-corrected chi connectivity index (χ3v) is 3.52. The Morgan fingerprint density at radius 2 is 2.00 bits per heavy atom. The predicted molar refractivity (Wildman–Crippen MR) is 87.4 cm³/mol. The molecule has 0 aliphatic rings. The second kappa shape index (κ2) is 5.79. The van der Waals surface area contributed by atoms with Crippen molar-refractivity contribution in [3.8, 4) is 0 Å². The fraction of sp³-hybridized carbons (Fsp3) is 0.176. The van der Waals surface area contributed by atoms with E-state index >= 15 is 0 Å². The molecule has 0 saturated heterocycles. The van der Waals surface area contributed by atoms with Crippen LogP contribution in [0.1, 0.15) is 5.69 Å². The molecule has 21 heavy (non-hydrogen) atoms. The van der Waals surface area contributed by atoms with Gasteiger partial charge < -0.3 is 10.6 Å². The lowest BCUT2D eigenvalue weighted by molar-refractivity contribution is 0.841. The first-order valence-corrected chi connectivity index (χ1v) is 7.00. The first-order valence-electron chi connectivity index (χ1n) is 7.00. The molecule has 0 amide bonds. The molecule has 2 heterocycles. The molecule has 0 spiro atoms. The van der Waals surface area contributed by atoms with Crippen molar-refractivity contribution in [2.24, 2.45) is 0 Å². The summed E-state index contributed by atoms with van der Waals surface area (Å²) in [6.07, 6.45) is 2.73. The summed E-state index contributed by atoms with van der Waals surface area (Å²) in [5, 5.41) is 1.07. The number of hydrogen-bond acceptors (Lipinski definition) is 4. The number of rotatable bonds is 4. The Morgan fingerprint density at radius 3 is 2.81 bits per heavy atom. The summed E-state index contributed by atoms with van der Waals surface area (Å²) in [4.78, 5) is 11.2. The van der Waals surface area contributed by atoms with Crippen LogP contribution in [0.5, 0.6) is 0 Å². The summed E-state index contributed by atoms with van der Waals surface area (Å²) in [7, 11) is 2.05. The zero-order chi connectivity index (χ0) is 14.7. The van der Waals surface area contributed by atoms with Crippen molar-refractivity contribution in [2.45, 2.75) is 6.42 Å². The molecule has 0 aliphatic carbocycles. The van der Waals surface area contributed by atoms with Crippen molar-refractivity contribution in [2.75, 3.05) is 24.2 Å². The van der Waals surface area contributed by atoms with Crippen LogP contribution in [0.2, 0.25) is 0 Å². The van der Waals surface area contributed by atoms with Gasteiger partial charge in [-0.3, -0.25) is 4.98 Å². The topological polar surface area (TPSA) is 55.0 Å². The summed E-state index contributed by atoms with van der Waals surface area (Å²) >= 11 is 0. The Morgan fingerprint density at radius 1 is 1.10 bits per heavy atom. The smallest absolute Gasteiger partial charge is 0.128 e. The molecule has 106 valence electrons. The van der Waals surface area contributed by atoms with Crippen LogP contribution in [-0.4, -0.2) is 23.6 Å². The number of benzene rings is 1. The lowest BCUT2D eigenvalue weighted by Gasteiger charge is -2.18. The number of nitrogens with two attached hydrogens (primary N) is 1. The van der Waals surface area contributed by atoms with Crippen LogP contribution >= 0.6 is 0 Å². The highest BCUT2D eigenvalue weighted by Crippen LogP contribution is 2.19. The van der Waals surface area contributed by atoms with E-state index < -0.39 is 0 Å². The lowest BCUT2D eigenvalue weighted by atomic mass is 10.2. The molecule has 0 aliphatic heterocycles. The second-order valence-electron chi connectivity index (χ2n) is 5.11. The summed E-state index contributed by atoms with van der Waals surface area (Å²) in [6, 6.07) is 15.9. The van der Waals surface area contributed by atoms with Gasteiger partial charge in [-0.2, -0.15) is 0 Å². The van der Waals surface area contributed by atoms with Gasteiger partial charge in [-0.1, -0.05) is 6.07 Å². The van der Waals surface area contributed by atoms with Gasteiger partial charge in [0.05, 0.1) is 5.52 Å². The molecular formula is C17H18N4. The van der Waals surface area contributed by atoms with Crippen LogP contribution in [0.4, 0.5) is 11.5 Å². The quantitative estimate of drug-likeness (QED) is 0.746. The monoisotopic (exact) mass is 278 g/mol. The first kappa shape index (κ1) is 13.4. The number of pyridine rings is 2. The maximum atomic E-state index is 5.79. The van der Waals surface area contributed by atoms with E-state index in [9.17, 15) is 0 Å². The molecule has 0 bridgehead atoms. The summed E-state index contributed by atoms with van der Waals surface area (Å²) in [6.45, 7) is 0.879. The van der Waals surface area contributed by atoms with Gasteiger partial charge in [0, 0.05) is 43.0 Å². The maximum absolute atomic E-state index is 5.79. The zero-order valence-electron chi connectivity index (χ0n) is 12.0. The predicted octanol–water partition coefficient (Wildman–Crippen LogP) is 2.89. The average Bonchev–Trinajstić information content (AvgIpc) is 2.53. The van der Waals surface area contributed by atoms with Gasteiger partial charge in [0.2, 0.25) is 0 Å². The van der Waals surface area contributed by atoms with E-state index in [1.54, 1.807) is 0 Å². The molecule has 0 fully saturated rings. The molecule has 4 heteroatoms. The standard InChI is InChI=1S/C17H18N4/c1-21(11-9-15-4-2-3-10-19-15)17-8-5-13-12-14(18)6-7-16(13)20-17/h2-8,10,12H,9,11,18H2,1H3. The fourth-order valence-electron chi connectivity index (χ4n) is 2.29. The summed E-state index contributed by atoms with van der Waals surface area (Å²) in [5.41, 5.74) is 8.61. The van der Waals surface area contributed by atoms with Gasteiger partial charge in [0.15, 0.2) is 0 Å². The van der Waals surface area contributed by atoms with Crippen LogP contribution in [-0.2, 0) is 6.42 Å². The number of hydrogen-bond donors (Lipinski definition) is 1. The number of nitrogen functional groups attached to an aromatic ring is 1. The van der Waals surface area contributed by atoms with E-state index in [1.807, 2.05) is 48.7 Å². The Labute approximate surface area is 124 Å². The minimum absolute atomic E-state index is 0.764. The molecule has 3 rings (SSSR count). The third-order valence-electron chi connectivity index (χ3n) is 3.52. The van der Waals surface area contributed by atoms with Crippen LogP contribution in [0, 0.1) is 0 Å². The van der Waals surface area contributed by atoms with Crippen molar-refractivity contribution >= 4 is 22.4 Å². The Balaban J connectivity index is 1.75. The Hall–Kier alpha value is -2.62. The minimum Gasteiger partial charge on any atom is -0.399 e. The third kappa shape index (κ3) is 3.11. The van der Waals surface area contributed by atoms with Crippen LogP contribution in [0.25, 0.3) is 10.9 Å². The molecule has 2 aromatic heterocycles. The normalized spacial score (nSPS) is 10.7. The van der Waals surface area contributed by atoms with Crippen LogP contribution < -0.4 is 10.6 Å². The number of likely N-dealkylation sites (N-methyl/N-ethyl adjacent to an activating group) is 1. The SMILES string of the molecule is CN(CCc1ccccn1)c1ccc2cc(N)ccc2n1. The number of anilines is 2. The summed E-state index contributed by atoms with van der Waals surface area (Å²) < 4.78 is 0. The van der Waals surface area contributed by atoms with E-state index in [1.165, 1.54) is 0 Å². The van der Waals surface area contributed by atoms with Crippen molar-refractivity contribution in [3.05, 3.63) is 60.4 Å². The molecule has 0 saturated carbocycles. The highest BCUT2D eigenvalue weighted by Gasteiger charge is 2.05. The van der Waals surface area contributed by atoms with Crippen molar-refractivity contribution < 1.29 is 0 Å². The molecule has 2 N–H and O–H groups in total. The Bertz CT molecular complexity index is 740. The molecular weight excluding hydrogens is 260 g/mol. The van der Waals surface area contributed by atoms with E-state index in [2.05, 4.69) is 28.0 Å². The molecule has 0 unspecified atom stereocenters. The molecule has 1 aromatic carbocycles. The average molecular weight is 278 g/mol. The van der Waals surface area contributed by atoms with Gasteiger partial charge in [0.25, 0.3) is 0 Å².